The molecule has 0 spiro atoms. The van der Waals surface area contributed by atoms with Crippen molar-refractivity contribution in [3.63, 3.8) is 0 Å². The number of nitrogens with zero attached hydrogens (tertiary/aromatic N) is 4. The van der Waals surface area contributed by atoms with Crippen molar-refractivity contribution < 1.29 is 13.5 Å². The van der Waals surface area contributed by atoms with E-state index < -0.39 is 11.6 Å². The van der Waals surface area contributed by atoms with Crippen molar-refractivity contribution in [2.24, 2.45) is 0 Å². The van der Waals surface area contributed by atoms with Gasteiger partial charge in [-0.15, -0.1) is 5.10 Å². The zero-order valence-electron chi connectivity index (χ0n) is 11.2. The molecule has 108 valence electrons. The van der Waals surface area contributed by atoms with Crippen LogP contribution in [0, 0.1) is 11.6 Å². The Balaban J connectivity index is 2.39. The van der Waals surface area contributed by atoms with Gasteiger partial charge in [-0.05, 0) is 29.8 Å². The number of halogens is 2. The minimum atomic E-state index is -1.00. The second kappa shape index (κ2) is 5.91. The van der Waals surface area contributed by atoms with Crippen LogP contribution in [0.5, 0.6) is 0 Å². The van der Waals surface area contributed by atoms with Crippen molar-refractivity contribution >= 4 is 5.69 Å². The van der Waals surface area contributed by atoms with Crippen LogP contribution in [0.1, 0.15) is 19.4 Å². The van der Waals surface area contributed by atoms with Crippen LogP contribution in [0.25, 0.3) is 11.4 Å². The molecule has 20 heavy (non-hydrogen) atoms. The number of tetrazole rings is 1. The molecule has 2 aromatic rings. The number of aromatic nitrogens is 4. The number of nitrogen functional groups attached to an aromatic ring is 1. The first-order chi connectivity index (χ1) is 9.54. The Labute approximate surface area is 114 Å². The summed E-state index contributed by atoms with van der Waals surface area (Å²) < 4.78 is 33.0. The highest BCUT2D eigenvalue weighted by atomic mass is 19.2. The van der Waals surface area contributed by atoms with E-state index >= 15 is 0 Å². The Hall–Kier alpha value is -2.09. The van der Waals surface area contributed by atoms with Gasteiger partial charge in [-0.25, -0.2) is 13.5 Å². The first-order valence-electron chi connectivity index (χ1n) is 6.06. The highest BCUT2D eigenvalue weighted by molar-refractivity contribution is 5.71. The fraction of sp³-hybridized carbons (Fsp3) is 0.417. The van der Waals surface area contributed by atoms with E-state index in [9.17, 15) is 8.78 Å². The number of nitrogens with two attached hydrogens (primary N) is 1. The van der Waals surface area contributed by atoms with E-state index in [1.54, 1.807) is 7.11 Å². The minimum Gasteiger partial charge on any atom is -0.398 e. The summed E-state index contributed by atoms with van der Waals surface area (Å²) in [6.07, 6.45) is 0.679. The average molecular weight is 283 g/mol. The summed E-state index contributed by atoms with van der Waals surface area (Å²) in [7, 11) is 1.60. The Kier molecular flexibility index (Phi) is 4.23. The second-order valence-electron chi connectivity index (χ2n) is 4.43. The molecule has 6 nitrogen and oxygen atoms in total. The van der Waals surface area contributed by atoms with Gasteiger partial charge in [0, 0.05) is 31.0 Å². The molecule has 0 bridgehead atoms. The topological polar surface area (TPSA) is 78.8 Å². The van der Waals surface area contributed by atoms with Gasteiger partial charge in [0.2, 0.25) is 0 Å². The average Bonchev–Trinajstić information content (AvgIpc) is 2.89. The maximum absolute atomic E-state index is 13.4. The fourth-order valence-corrected chi connectivity index (χ4v) is 1.83. The lowest BCUT2D eigenvalue weighted by Gasteiger charge is -2.13. The van der Waals surface area contributed by atoms with E-state index in [1.165, 1.54) is 4.68 Å². The number of rotatable bonds is 5. The van der Waals surface area contributed by atoms with Crippen LogP contribution < -0.4 is 5.73 Å². The van der Waals surface area contributed by atoms with Gasteiger partial charge in [0.25, 0.3) is 0 Å². The third-order valence-corrected chi connectivity index (χ3v) is 2.98. The molecule has 0 radical (unpaired) electrons. The number of methoxy groups -OCH3 is 1. The first-order valence-corrected chi connectivity index (χ1v) is 6.06. The van der Waals surface area contributed by atoms with Crippen LogP contribution in [0.4, 0.5) is 14.5 Å². The lowest BCUT2D eigenvalue weighted by atomic mass is 10.1. The molecule has 0 saturated heterocycles. The van der Waals surface area contributed by atoms with Crippen molar-refractivity contribution in [2.45, 2.75) is 19.4 Å². The van der Waals surface area contributed by atoms with E-state index in [4.69, 9.17) is 10.5 Å². The molecule has 2 N–H and O–H groups in total. The van der Waals surface area contributed by atoms with Gasteiger partial charge in [0.1, 0.15) is 0 Å². The standard InChI is InChI=1S/C12H15F2N5O/c1-7(3-4-20-2)19-12(16-17-18-19)8-5-9(13)10(14)6-11(8)15/h5-7H,3-4,15H2,1-2H3. The van der Waals surface area contributed by atoms with Crippen LogP contribution in [0.3, 0.4) is 0 Å². The quantitative estimate of drug-likeness (QED) is 0.846. The Morgan fingerprint density at radius 3 is 2.75 bits per heavy atom. The molecule has 1 aromatic heterocycles. The predicted octanol–water partition coefficient (Wildman–Crippen LogP) is 1.80. The Morgan fingerprint density at radius 1 is 1.35 bits per heavy atom. The summed E-state index contributed by atoms with van der Waals surface area (Å²) in [6, 6.07) is 1.85. The fourth-order valence-electron chi connectivity index (χ4n) is 1.83. The smallest absolute Gasteiger partial charge is 0.184 e. The first kappa shape index (κ1) is 14.3. The second-order valence-corrected chi connectivity index (χ2v) is 4.43. The van der Waals surface area contributed by atoms with Gasteiger partial charge in [-0.2, -0.15) is 0 Å². The van der Waals surface area contributed by atoms with Crippen molar-refractivity contribution in [1.82, 2.24) is 20.2 Å². The van der Waals surface area contributed by atoms with Crippen LogP contribution >= 0.6 is 0 Å². The molecule has 0 fully saturated rings. The maximum Gasteiger partial charge on any atom is 0.184 e. The van der Waals surface area contributed by atoms with E-state index in [0.29, 0.717) is 18.9 Å². The molecule has 0 saturated carbocycles. The van der Waals surface area contributed by atoms with Gasteiger partial charge in [0.05, 0.1) is 6.04 Å². The van der Waals surface area contributed by atoms with Crippen LogP contribution in [0.15, 0.2) is 12.1 Å². The molecule has 8 heteroatoms. The number of anilines is 1. The lowest BCUT2D eigenvalue weighted by molar-refractivity contribution is 0.178. The van der Waals surface area contributed by atoms with E-state index in [0.717, 1.165) is 12.1 Å². The normalized spacial score (nSPS) is 12.6. The lowest BCUT2D eigenvalue weighted by Crippen LogP contribution is -2.12. The monoisotopic (exact) mass is 283 g/mol. The van der Waals surface area contributed by atoms with Crippen LogP contribution in [-0.2, 0) is 4.74 Å². The molecule has 1 aromatic carbocycles. The van der Waals surface area contributed by atoms with E-state index in [-0.39, 0.29) is 17.3 Å². The molecule has 1 atom stereocenters. The molecule has 0 aliphatic heterocycles. The molecule has 1 heterocycles. The highest BCUT2D eigenvalue weighted by Crippen LogP contribution is 2.28. The van der Waals surface area contributed by atoms with E-state index in [1.807, 2.05) is 6.92 Å². The summed E-state index contributed by atoms with van der Waals surface area (Å²) in [5, 5.41) is 11.3. The molecule has 0 aliphatic carbocycles. The third kappa shape index (κ3) is 2.74. The Bertz CT molecular complexity index is 602. The van der Waals surface area contributed by atoms with Crippen LogP contribution in [-0.4, -0.2) is 33.9 Å². The number of benzene rings is 1. The van der Waals surface area contributed by atoms with Gasteiger partial charge < -0.3 is 10.5 Å². The zero-order chi connectivity index (χ0) is 14.7. The van der Waals surface area contributed by atoms with Gasteiger partial charge in [0.15, 0.2) is 17.5 Å². The summed E-state index contributed by atoms with van der Waals surface area (Å²) in [6.45, 7) is 2.43. The molecule has 0 aliphatic rings. The maximum atomic E-state index is 13.4. The summed E-state index contributed by atoms with van der Waals surface area (Å²) in [5.41, 5.74) is 6.05. The largest absolute Gasteiger partial charge is 0.398 e. The molecular weight excluding hydrogens is 268 g/mol. The molecule has 2 rings (SSSR count). The number of hydrogen-bond donors (Lipinski definition) is 1. The van der Waals surface area contributed by atoms with Crippen LogP contribution in [0.2, 0.25) is 0 Å². The predicted molar refractivity (Wildman–Crippen MR) is 68.8 cm³/mol. The van der Waals surface area contributed by atoms with Gasteiger partial charge >= 0.3 is 0 Å². The highest BCUT2D eigenvalue weighted by Gasteiger charge is 2.18. The summed E-state index contributed by atoms with van der Waals surface area (Å²) in [4.78, 5) is 0. The number of hydrogen-bond acceptors (Lipinski definition) is 5. The summed E-state index contributed by atoms with van der Waals surface area (Å²) >= 11 is 0. The SMILES string of the molecule is COCCC(C)n1nnnc1-c1cc(F)c(F)cc1N. The minimum absolute atomic E-state index is 0.0625. The zero-order valence-corrected chi connectivity index (χ0v) is 11.2. The number of ether oxygens (including phenoxy) is 1. The third-order valence-electron chi connectivity index (χ3n) is 2.98. The summed E-state index contributed by atoms with van der Waals surface area (Å²) in [5.74, 6) is -1.70. The van der Waals surface area contributed by atoms with Crippen molar-refractivity contribution in [2.75, 3.05) is 19.5 Å². The van der Waals surface area contributed by atoms with Gasteiger partial charge in [-0.1, -0.05) is 0 Å². The van der Waals surface area contributed by atoms with Crippen molar-refractivity contribution in [1.29, 1.82) is 0 Å². The van der Waals surface area contributed by atoms with Gasteiger partial charge in [-0.3, -0.25) is 0 Å². The Morgan fingerprint density at radius 2 is 2.05 bits per heavy atom. The van der Waals surface area contributed by atoms with Crippen molar-refractivity contribution in [3.05, 3.63) is 23.8 Å². The molecule has 0 amide bonds. The van der Waals surface area contributed by atoms with E-state index in [2.05, 4.69) is 15.5 Å². The van der Waals surface area contributed by atoms with Crippen molar-refractivity contribution in [3.8, 4) is 11.4 Å². The molecule has 1 unspecified atom stereocenters. The molecular formula is C12H15F2N5O.